The maximum Gasteiger partial charge on any atom is 0.0466 e. The van der Waals surface area contributed by atoms with Gasteiger partial charge in [-0.15, -0.1) is 0 Å². The van der Waals surface area contributed by atoms with Gasteiger partial charge in [-0.3, -0.25) is 0 Å². The van der Waals surface area contributed by atoms with Gasteiger partial charge in [-0.05, 0) is 36.6 Å². The number of nitrogens with one attached hydrogen (secondary N) is 1. The average Bonchev–Trinajstić information content (AvgIpc) is 2.04. The highest BCUT2D eigenvalue weighted by molar-refractivity contribution is 6.30. The van der Waals surface area contributed by atoms with Crippen LogP contribution in [-0.2, 0) is 6.42 Å². The molecule has 1 aromatic carbocycles. The highest BCUT2D eigenvalue weighted by atomic mass is 35.5. The molecule has 1 nitrogen and oxygen atoms in total. The highest BCUT2D eigenvalue weighted by Crippen LogP contribution is 2.25. The van der Waals surface area contributed by atoms with E-state index in [0.717, 1.165) is 17.9 Å². The topological polar surface area (TPSA) is 12.0 Å². The molecule has 57 valence electrons. The molecule has 1 N–H and O–H groups in total. The summed E-state index contributed by atoms with van der Waals surface area (Å²) in [5.41, 5.74) is 2.51. The molecule has 1 heterocycles. The molecule has 0 amide bonds. The summed E-state index contributed by atoms with van der Waals surface area (Å²) in [6, 6.07) is 5.96. The minimum absolute atomic E-state index is 0.826. The fraction of sp³-hybridized carbons (Fsp3) is 0.222. The number of anilines is 1. The van der Waals surface area contributed by atoms with Crippen molar-refractivity contribution >= 4 is 17.3 Å². The first-order valence-electron chi connectivity index (χ1n) is 3.73. The second kappa shape index (κ2) is 2.74. The highest BCUT2D eigenvalue weighted by Gasteiger charge is 2.07. The van der Waals surface area contributed by atoms with Crippen LogP contribution in [0.15, 0.2) is 18.2 Å². The minimum Gasteiger partial charge on any atom is -0.380 e. The van der Waals surface area contributed by atoms with Gasteiger partial charge in [-0.1, -0.05) is 11.6 Å². The lowest BCUT2D eigenvalue weighted by molar-refractivity contribution is 0.909. The van der Waals surface area contributed by atoms with Gasteiger partial charge >= 0.3 is 0 Å². The smallest absolute Gasteiger partial charge is 0.0466 e. The van der Waals surface area contributed by atoms with Crippen LogP contribution in [0, 0.1) is 6.54 Å². The van der Waals surface area contributed by atoms with Crippen molar-refractivity contribution in [3.63, 3.8) is 0 Å². The van der Waals surface area contributed by atoms with Crippen molar-refractivity contribution in [2.75, 3.05) is 5.32 Å². The van der Waals surface area contributed by atoms with Crippen LogP contribution < -0.4 is 5.32 Å². The van der Waals surface area contributed by atoms with Crippen LogP contribution >= 0.6 is 11.6 Å². The summed E-state index contributed by atoms with van der Waals surface area (Å²) in [6.45, 7) is 2.08. The molecule has 0 saturated carbocycles. The maximum atomic E-state index is 5.84. The molecule has 2 rings (SSSR count). The number of rotatable bonds is 0. The van der Waals surface area contributed by atoms with E-state index in [9.17, 15) is 0 Å². The molecule has 1 radical (unpaired) electrons. The van der Waals surface area contributed by atoms with E-state index in [1.807, 2.05) is 18.2 Å². The summed E-state index contributed by atoms with van der Waals surface area (Å²) >= 11 is 5.84. The Hall–Kier alpha value is -0.690. The second-order valence-electron chi connectivity index (χ2n) is 2.69. The van der Waals surface area contributed by atoms with E-state index in [0.29, 0.717) is 0 Å². The van der Waals surface area contributed by atoms with Gasteiger partial charge < -0.3 is 5.32 Å². The minimum atomic E-state index is 0.826. The SMILES string of the molecule is Clc1ccc2c(c1)CC[CH]N2. The van der Waals surface area contributed by atoms with E-state index in [4.69, 9.17) is 11.6 Å². The van der Waals surface area contributed by atoms with Gasteiger partial charge in [-0.2, -0.15) is 0 Å². The summed E-state index contributed by atoms with van der Waals surface area (Å²) in [5.74, 6) is 0. The number of aryl methyl sites for hydroxylation is 1. The van der Waals surface area contributed by atoms with Crippen molar-refractivity contribution in [3.8, 4) is 0 Å². The third kappa shape index (κ3) is 1.33. The van der Waals surface area contributed by atoms with Crippen molar-refractivity contribution in [3.05, 3.63) is 35.3 Å². The molecular formula is C9H9ClN. The summed E-state index contributed by atoms with van der Waals surface area (Å²) in [6.07, 6.45) is 2.19. The second-order valence-corrected chi connectivity index (χ2v) is 3.13. The van der Waals surface area contributed by atoms with Gasteiger partial charge in [0.1, 0.15) is 0 Å². The average molecular weight is 167 g/mol. The maximum absolute atomic E-state index is 5.84. The van der Waals surface area contributed by atoms with E-state index in [2.05, 4.69) is 11.9 Å². The molecule has 0 aliphatic carbocycles. The van der Waals surface area contributed by atoms with Gasteiger partial charge in [0.25, 0.3) is 0 Å². The van der Waals surface area contributed by atoms with E-state index < -0.39 is 0 Å². The first-order valence-corrected chi connectivity index (χ1v) is 4.11. The Kier molecular flexibility index (Phi) is 1.74. The summed E-state index contributed by atoms with van der Waals surface area (Å²) in [4.78, 5) is 0. The molecule has 1 aromatic rings. The zero-order chi connectivity index (χ0) is 7.68. The standard InChI is InChI=1S/C9H9ClN/c10-8-3-4-9-7(6-8)2-1-5-11-9/h3-6,11H,1-2H2. The van der Waals surface area contributed by atoms with Gasteiger partial charge in [0, 0.05) is 17.3 Å². The zero-order valence-electron chi connectivity index (χ0n) is 6.10. The molecule has 0 unspecified atom stereocenters. The fourth-order valence-corrected chi connectivity index (χ4v) is 1.51. The summed E-state index contributed by atoms with van der Waals surface area (Å²) in [5, 5.41) is 4.03. The third-order valence-electron chi connectivity index (χ3n) is 1.88. The molecule has 0 spiro atoms. The number of fused-ring (bicyclic) bond motifs is 1. The lowest BCUT2D eigenvalue weighted by atomic mass is 10.0. The van der Waals surface area contributed by atoms with E-state index in [1.54, 1.807) is 0 Å². The van der Waals surface area contributed by atoms with Crippen molar-refractivity contribution in [2.45, 2.75) is 12.8 Å². The zero-order valence-corrected chi connectivity index (χ0v) is 6.86. The van der Waals surface area contributed by atoms with Crippen LogP contribution in [-0.4, -0.2) is 0 Å². The Balaban J connectivity index is 2.43. The number of hydrogen-bond acceptors (Lipinski definition) is 1. The summed E-state index contributed by atoms with van der Waals surface area (Å²) < 4.78 is 0. The lowest BCUT2D eigenvalue weighted by Crippen LogP contribution is -2.06. The monoisotopic (exact) mass is 166 g/mol. The molecule has 1 aliphatic rings. The van der Waals surface area contributed by atoms with Crippen molar-refractivity contribution in [1.82, 2.24) is 0 Å². The number of hydrogen-bond donors (Lipinski definition) is 1. The van der Waals surface area contributed by atoms with Gasteiger partial charge in [0.15, 0.2) is 0 Å². The third-order valence-corrected chi connectivity index (χ3v) is 2.12. The van der Waals surface area contributed by atoms with Gasteiger partial charge in [0.2, 0.25) is 0 Å². The van der Waals surface area contributed by atoms with Crippen LogP contribution in [0.4, 0.5) is 5.69 Å². The molecule has 0 bridgehead atoms. The van der Waals surface area contributed by atoms with Crippen LogP contribution in [0.2, 0.25) is 5.02 Å². The Morgan fingerprint density at radius 1 is 1.36 bits per heavy atom. The van der Waals surface area contributed by atoms with E-state index in [1.165, 1.54) is 11.3 Å². The Bertz CT molecular complexity index is 270. The number of halogens is 1. The normalized spacial score (nSPS) is 15.4. The Morgan fingerprint density at radius 2 is 2.27 bits per heavy atom. The predicted octanol–water partition coefficient (Wildman–Crippen LogP) is 2.86. The van der Waals surface area contributed by atoms with Gasteiger partial charge in [0.05, 0.1) is 0 Å². The first kappa shape index (κ1) is 6.99. The Labute approximate surface area is 71.4 Å². The lowest BCUT2D eigenvalue weighted by Gasteiger charge is -2.16. The van der Waals surface area contributed by atoms with Crippen molar-refractivity contribution in [2.24, 2.45) is 0 Å². The summed E-state index contributed by atoms with van der Waals surface area (Å²) in [7, 11) is 0. The van der Waals surface area contributed by atoms with E-state index >= 15 is 0 Å². The van der Waals surface area contributed by atoms with Crippen LogP contribution in [0.3, 0.4) is 0 Å². The first-order chi connectivity index (χ1) is 5.36. The molecule has 0 aromatic heterocycles. The molecule has 0 atom stereocenters. The predicted molar refractivity (Wildman–Crippen MR) is 47.7 cm³/mol. The molecule has 0 fully saturated rings. The molecule has 0 saturated heterocycles. The van der Waals surface area contributed by atoms with E-state index in [-0.39, 0.29) is 0 Å². The van der Waals surface area contributed by atoms with Crippen molar-refractivity contribution in [1.29, 1.82) is 0 Å². The molecule has 11 heavy (non-hydrogen) atoms. The van der Waals surface area contributed by atoms with Crippen molar-refractivity contribution < 1.29 is 0 Å². The van der Waals surface area contributed by atoms with Crippen LogP contribution in [0.5, 0.6) is 0 Å². The number of benzene rings is 1. The Morgan fingerprint density at radius 3 is 3.18 bits per heavy atom. The van der Waals surface area contributed by atoms with Crippen LogP contribution in [0.25, 0.3) is 0 Å². The molecule has 1 aliphatic heterocycles. The molecular weight excluding hydrogens is 158 g/mol. The fourth-order valence-electron chi connectivity index (χ4n) is 1.32. The van der Waals surface area contributed by atoms with Gasteiger partial charge in [-0.25, -0.2) is 0 Å². The van der Waals surface area contributed by atoms with Crippen LogP contribution in [0.1, 0.15) is 12.0 Å². The largest absolute Gasteiger partial charge is 0.380 e. The quantitative estimate of drug-likeness (QED) is 0.625. The molecule has 2 heteroatoms.